The van der Waals surface area contributed by atoms with E-state index in [-0.39, 0.29) is 0 Å². The van der Waals surface area contributed by atoms with Crippen molar-refractivity contribution in [3.05, 3.63) is 0 Å². The highest BCUT2D eigenvalue weighted by Crippen LogP contribution is 1.83. The second-order valence-corrected chi connectivity index (χ2v) is 2.46. The predicted octanol–water partition coefficient (Wildman–Crippen LogP) is 3.14. The van der Waals surface area contributed by atoms with E-state index in [9.17, 15) is 0 Å². The van der Waals surface area contributed by atoms with Gasteiger partial charge in [0.25, 0.3) is 0 Å². The molecule has 0 aromatic heterocycles. The molecule has 8 heteroatoms. The Morgan fingerprint density at radius 3 is 1.24 bits per heavy atom. The molecule has 0 spiro atoms. The van der Waals surface area contributed by atoms with Gasteiger partial charge in [0.1, 0.15) is 0 Å². The van der Waals surface area contributed by atoms with E-state index in [2.05, 4.69) is 18.7 Å². The summed E-state index contributed by atoms with van der Waals surface area (Å²) in [5.74, 6) is 0. The van der Waals surface area contributed by atoms with Gasteiger partial charge in [-0.05, 0) is 6.42 Å². The van der Waals surface area contributed by atoms with Crippen LogP contribution in [0.3, 0.4) is 0 Å². The molecule has 0 saturated carbocycles. The first-order chi connectivity index (χ1) is 7.79. The summed E-state index contributed by atoms with van der Waals surface area (Å²) in [5.41, 5.74) is 0. The van der Waals surface area contributed by atoms with Gasteiger partial charge in [0.15, 0.2) is 0 Å². The molecular weight excluding hydrogens is 236 g/mol. The zero-order valence-electron chi connectivity index (χ0n) is 10.3. The maximum absolute atomic E-state index is 8.56. The van der Waals surface area contributed by atoms with Crippen molar-refractivity contribution in [1.29, 1.82) is 0 Å². The molecule has 8 nitrogen and oxygen atoms in total. The van der Waals surface area contributed by atoms with Crippen LogP contribution in [0.1, 0.15) is 40.0 Å². The topological polar surface area (TPSA) is 145 Å². The molecule has 0 aromatic rings. The summed E-state index contributed by atoms with van der Waals surface area (Å²) in [6.07, 6.45) is -0.406. The van der Waals surface area contributed by atoms with Crippen LogP contribution < -0.4 is 0 Å². The van der Waals surface area contributed by atoms with Crippen LogP contribution in [0.25, 0.3) is 0 Å². The summed E-state index contributed by atoms with van der Waals surface area (Å²) in [5, 5.41) is 35.6. The van der Waals surface area contributed by atoms with Gasteiger partial charge in [-0.1, -0.05) is 33.6 Å². The highest BCUT2D eigenvalue weighted by molar-refractivity contribution is 5.53. The Morgan fingerprint density at radius 1 is 0.941 bits per heavy atom. The third-order valence-electron chi connectivity index (χ3n) is 0.589. The van der Waals surface area contributed by atoms with Crippen molar-refractivity contribution in [3.8, 4) is 0 Å². The van der Waals surface area contributed by atoms with Gasteiger partial charge in [0, 0.05) is 0 Å². The summed E-state index contributed by atoms with van der Waals surface area (Å²) in [7, 11) is 0. The summed E-state index contributed by atoms with van der Waals surface area (Å²) in [6.45, 7) is 6.76. The Labute approximate surface area is 100 Å². The molecular formula is C9H22O8. The van der Waals surface area contributed by atoms with Gasteiger partial charge in [0.05, 0.1) is 6.61 Å². The van der Waals surface area contributed by atoms with Crippen LogP contribution in [0.4, 0.5) is 9.59 Å². The maximum Gasteiger partial charge on any atom is 0.503 e. The van der Waals surface area contributed by atoms with Crippen LogP contribution in [-0.4, -0.2) is 44.6 Å². The molecule has 17 heavy (non-hydrogen) atoms. The molecule has 0 saturated heterocycles. The van der Waals surface area contributed by atoms with Crippen molar-refractivity contribution in [2.24, 2.45) is 0 Å². The first kappa shape index (κ1) is 24.6. The van der Waals surface area contributed by atoms with Gasteiger partial charge in [-0.2, -0.15) is 0 Å². The molecule has 0 bridgehead atoms. The van der Waals surface area contributed by atoms with E-state index in [0.29, 0.717) is 6.61 Å². The van der Waals surface area contributed by atoms with Crippen molar-refractivity contribution in [3.63, 3.8) is 0 Å². The maximum atomic E-state index is 8.56. The van der Waals surface area contributed by atoms with Crippen molar-refractivity contribution < 1.29 is 40.2 Å². The fraction of sp³-hybridized carbons (Fsp3) is 0.778. The standard InChI is InChI=1S/C4H10O2.C3H8.2CH2O3/c1-2-3-4-6-5;1-3-2;2*2-1(3)4/h5H,2-4H2,1H3;3H2,1-2H3;2*(H2,2,3,4). The molecule has 0 amide bonds. The van der Waals surface area contributed by atoms with Gasteiger partial charge < -0.3 is 20.4 Å². The smallest absolute Gasteiger partial charge is 0.450 e. The number of rotatable bonds is 3. The van der Waals surface area contributed by atoms with E-state index >= 15 is 0 Å². The molecule has 0 aliphatic heterocycles. The van der Waals surface area contributed by atoms with Crippen LogP contribution in [0.15, 0.2) is 0 Å². The molecule has 0 fully saturated rings. The van der Waals surface area contributed by atoms with Gasteiger partial charge in [-0.15, -0.1) is 0 Å². The second-order valence-electron chi connectivity index (χ2n) is 2.46. The van der Waals surface area contributed by atoms with E-state index in [4.69, 9.17) is 35.3 Å². The van der Waals surface area contributed by atoms with Gasteiger partial charge in [-0.25, -0.2) is 14.5 Å². The molecule has 106 valence electrons. The molecule has 0 aliphatic carbocycles. The third kappa shape index (κ3) is 1050. The molecule has 0 aliphatic rings. The summed E-state index contributed by atoms with van der Waals surface area (Å²) in [6, 6.07) is 0. The quantitative estimate of drug-likeness (QED) is 0.295. The lowest BCUT2D eigenvalue weighted by Crippen LogP contribution is -1.84. The SMILES string of the molecule is CCC.CCCCOO.O=C(O)O.O=C(O)O. The average molecular weight is 258 g/mol. The Hall–Kier alpha value is -1.54. The summed E-state index contributed by atoms with van der Waals surface area (Å²) >= 11 is 0. The van der Waals surface area contributed by atoms with Crippen molar-refractivity contribution in [1.82, 2.24) is 0 Å². The van der Waals surface area contributed by atoms with E-state index in [1.807, 2.05) is 6.92 Å². The largest absolute Gasteiger partial charge is 0.503 e. The first-order valence-corrected chi connectivity index (χ1v) is 4.90. The minimum Gasteiger partial charge on any atom is -0.450 e. The summed E-state index contributed by atoms with van der Waals surface area (Å²) < 4.78 is 0. The monoisotopic (exact) mass is 258 g/mol. The normalized spacial score (nSPS) is 7.06. The molecule has 0 unspecified atom stereocenters. The van der Waals surface area contributed by atoms with Crippen LogP contribution in [-0.2, 0) is 4.89 Å². The number of carboxylic acid groups (broad SMARTS) is 4. The molecule has 0 radical (unpaired) electrons. The van der Waals surface area contributed by atoms with Crippen molar-refractivity contribution in [2.45, 2.75) is 40.0 Å². The molecule has 0 heterocycles. The van der Waals surface area contributed by atoms with Crippen LogP contribution in [0, 0.1) is 0 Å². The number of hydrogen-bond donors (Lipinski definition) is 5. The lowest BCUT2D eigenvalue weighted by atomic mass is 10.4. The number of hydrogen-bond acceptors (Lipinski definition) is 4. The molecule has 0 atom stereocenters. The Bertz CT molecular complexity index is 124. The van der Waals surface area contributed by atoms with Crippen molar-refractivity contribution in [2.75, 3.05) is 6.61 Å². The zero-order valence-corrected chi connectivity index (χ0v) is 10.3. The molecule has 5 N–H and O–H groups in total. The van der Waals surface area contributed by atoms with E-state index in [0.717, 1.165) is 12.8 Å². The highest BCUT2D eigenvalue weighted by atomic mass is 17.1. The number of unbranched alkanes of at least 4 members (excludes halogenated alkanes) is 1. The summed E-state index contributed by atoms with van der Waals surface area (Å²) in [4.78, 5) is 20.9. The Kier molecular flexibility index (Phi) is 42.4. The highest BCUT2D eigenvalue weighted by Gasteiger charge is 1.76. The lowest BCUT2D eigenvalue weighted by molar-refractivity contribution is -0.242. The number of carbonyl (C=O) groups is 2. The molecule has 0 aromatic carbocycles. The third-order valence-corrected chi connectivity index (χ3v) is 0.589. The van der Waals surface area contributed by atoms with Crippen LogP contribution in [0.5, 0.6) is 0 Å². The Morgan fingerprint density at radius 2 is 1.18 bits per heavy atom. The minimum absolute atomic E-state index is 0.469. The fourth-order valence-corrected chi connectivity index (χ4v) is 0.209. The van der Waals surface area contributed by atoms with Gasteiger partial charge >= 0.3 is 12.3 Å². The minimum atomic E-state index is -1.83. The van der Waals surface area contributed by atoms with E-state index in [1.54, 1.807) is 0 Å². The van der Waals surface area contributed by atoms with Crippen molar-refractivity contribution >= 4 is 12.3 Å². The lowest BCUT2D eigenvalue weighted by Gasteiger charge is -1.87. The second kappa shape index (κ2) is 29.3. The Balaban J connectivity index is -0.0000000688. The predicted molar refractivity (Wildman–Crippen MR) is 60.8 cm³/mol. The fourth-order valence-electron chi connectivity index (χ4n) is 0.209. The van der Waals surface area contributed by atoms with E-state index < -0.39 is 12.3 Å². The molecule has 0 rings (SSSR count). The van der Waals surface area contributed by atoms with E-state index in [1.165, 1.54) is 6.42 Å². The van der Waals surface area contributed by atoms with Gasteiger partial charge in [-0.3, -0.25) is 5.26 Å². The van der Waals surface area contributed by atoms with Crippen LogP contribution >= 0.6 is 0 Å². The van der Waals surface area contributed by atoms with Crippen LogP contribution in [0.2, 0.25) is 0 Å². The average Bonchev–Trinajstić information content (AvgIpc) is 2.14. The first-order valence-electron chi connectivity index (χ1n) is 4.90. The van der Waals surface area contributed by atoms with Gasteiger partial charge in [0.2, 0.25) is 0 Å². The zero-order chi connectivity index (χ0) is 14.7.